The van der Waals surface area contributed by atoms with Crippen molar-refractivity contribution in [2.24, 2.45) is 0 Å². The van der Waals surface area contributed by atoms with Gasteiger partial charge < -0.3 is 5.43 Å². The Balaban J connectivity index is 0.00000144. The molecule has 0 radical (unpaired) electrons. The number of alkyl halides is 3. The van der Waals surface area contributed by atoms with E-state index in [1.54, 1.807) is 18.2 Å². The van der Waals surface area contributed by atoms with Crippen LogP contribution in [0.3, 0.4) is 0 Å². The third-order valence-electron chi connectivity index (χ3n) is 1.12. The number of rotatable bonds is 2. The number of anilines is 1. The number of benzene rings is 1. The Hall–Kier alpha value is -0.940. The van der Waals surface area contributed by atoms with E-state index in [0.29, 0.717) is 5.69 Å². The number of hydrogen-bond donors (Lipinski definition) is 2. The molecule has 2 nitrogen and oxygen atoms in total. The van der Waals surface area contributed by atoms with Crippen molar-refractivity contribution in [3.63, 3.8) is 0 Å². The summed E-state index contributed by atoms with van der Waals surface area (Å²) >= 11 is 0. The van der Waals surface area contributed by atoms with Gasteiger partial charge >= 0.3 is 6.30 Å². The highest BCUT2D eigenvalue weighted by atomic mass is 35.5. The lowest BCUT2D eigenvalue weighted by atomic mass is 10.3. The van der Waals surface area contributed by atoms with Gasteiger partial charge in [-0.3, -0.25) is 0 Å². The highest BCUT2D eigenvalue weighted by Gasteiger charge is 2.26. The van der Waals surface area contributed by atoms with Gasteiger partial charge in [-0.25, -0.2) is 0 Å². The molecule has 0 spiro atoms. The van der Waals surface area contributed by atoms with Crippen molar-refractivity contribution in [2.45, 2.75) is 6.30 Å². The second-order valence-corrected chi connectivity index (χ2v) is 2.11. The number of halogens is 4. The molecule has 1 aromatic carbocycles. The monoisotopic (exact) mass is 212 g/mol. The summed E-state index contributed by atoms with van der Waals surface area (Å²) in [6.07, 6.45) is -4.41. The molecule has 0 fully saturated rings. The van der Waals surface area contributed by atoms with Crippen molar-refractivity contribution in [2.75, 3.05) is 5.43 Å². The predicted octanol–water partition coefficient (Wildman–Crippen LogP) is 2.54. The molecular formula is C7H8ClF3N2. The zero-order valence-electron chi connectivity index (χ0n) is 6.43. The molecule has 0 amide bonds. The fourth-order valence-corrected chi connectivity index (χ4v) is 0.665. The van der Waals surface area contributed by atoms with Gasteiger partial charge in [0.2, 0.25) is 0 Å². The van der Waals surface area contributed by atoms with E-state index < -0.39 is 6.30 Å². The van der Waals surface area contributed by atoms with Crippen LogP contribution < -0.4 is 10.9 Å². The lowest BCUT2D eigenvalue weighted by Gasteiger charge is -2.10. The normalized spacial score (nSPS) is 10.4. The lowest BCUT2D eigenvalue weighted by Crippen LogP contribution is -2.36. The van der Waals surface area contributed by atoms with Crippen molar-refractivity contribution in [1.29, 1.82) is 0 Å². The van der Waals surface area contributed by atoms with Crippen molar-refractivity contribution < 1.29 is 13.2 Å². The van der Waals surface area contributed by atoms with Gasteiger partial charge in [-0.15, -0.1) is 17.8 Å². The number of para-hydroxylation sites is 1. The van der Waals surface area contributed by atoms with Crippen molar-refractivity contribution in [3.05, 3.63) is 30.3 Å². The first-order valence-electron chi connectivity index (χ1n) is 3.23. The van der Waals surface area contributed by atoms with Gasteiger partial charge in [-0.05, 0) is 12.1 Å². The van der Waals surface area contributed by atoms with Crippen LogP contribution in [0, 0.1) is 0 Å². The van der Waals surface area contributed by atoms with E-state index in [9.17, 15) is 13.2 Å². The van der Waals surface area contributed by atoms with E-state index in [0.717, 1.165) is 0 Å². The molecule has 0 atom stereocenters. The smallest absolute Gasteiger partial charge is 0.314 e. The first kappa shape index (κ1) is 12.1. The van der Waals surface area contributed by atoms with E-state index in [2.05, 4.69) is 0 Å². The average molecular weight is 213 g/mol. The Morgan fingerprint density at radius 3 is 2.00 bits per heavy atom. The van der Waals surface area contributed by atoms with Crippen LogP contribution in [-0.4, -0.2) is 6.30 Å². The highest BCUT2D eigenvalue weighted by Crippen LogP contribution is 2.10. The topological polar surface area (TPSA) is 24.1 Å². The summed E-state index contributed by atoms with van der Waals surface area (Å²) in [4.78, 5) is 0. The zero-order valence-corrected chi connectivity index (χ0v) is 7.25. The third-order valence-corrected chi connectivity index (χ3v) is 1.12. The van der Waals surface area contributed by atoms with E-state index in [1.807, 2.05) is 5.43 Å². The maximum absolute atomic E-state index is 11.6. The van der Waals surface area contributed by atoms with Crippen LogP contribution in [0.1, 0.15) is 0 Å². The summed E-state index contributed by atoms with van der Waals surface area (Å²) in [6, 6.07) is 8.05. The third kappa shape index (κ3) is 5.32. The SMILES string of the molecule is Cl.FC(F)(F)NNc1ccccc1. The van der Waals surface area contributed by atoms with E-state index in [1.165, 1.54) is 17.6 Å². The Morgan fingerprint density at radius 2 is 1.54 bits per heavy atom. The molecule has 1 rings (SSSR count). The molecular weight excluding hydrogens is 205 g/mol. The molecule has 0 aliphatic rings. The van der Waals surface area contributed by atoms with Crippen molar-refractivity contribution in [3.8, 4) is 0 Å². The van der Waals surface area contributed by atoms with E-state index in [4.69, 9.17) is 0 Å². The summed E-state index contributed by atoms with van der Waals surface area (Å²) < 4.78 is 34.7. The Bertz CT molecular complexity index is 237. The molecule has 0 heterocycles. The van der Waals surface area contributed by atoms with Crippen molar-refractivity contribution >= 4 is 18.1 Å². The zero-order chi connectivity index (χ0) is 9.03. The highest BCUT2D eigenvalue weighted by molar-refractivity contribution is 5.85. The molecule has 74 valence electrons. The molecule has 0 saturated carbocycles. The lowest BCUT2D eigenvalue weighted by molar-refractivity contribution is -0.151. The molecule has 0 aliphatic carbocycles. The van der Waals surface area contributed by atoms with E-state index in [-0.39, 0.29) is 12.4 Å². The Morgan fingerprint density at radius 1 is 1.00 bits per heavy atom. The summed E-state index contributed by atoms with van der Waals surface area (Å²) in [7, 11) is 0. The molecule has 2 N–H and O–H groups in total. The van der Waals surface area contributed by atoms with Crippen LogP contribution in [-0.2, 0) is 0 Å². The molecule has 0 saturated heterocycles. The Kier molecular flexibility index (Phi) is 4.58. The summed E-state index contributed by atoms with van der Waals surface area (Å²) in [5, 5.41) is 0. The van der Waals surface area contributed by atoms with E-state index >= 15 is 0 Å². The molecule has 6 heteroatoms. The second kappa shape index (κ2) is 4.94. The van der Waals surface area contributed by atoms with Crippen LogP contribution in [0.2, 0.25) is 0 Å². The summed E-state index contributed by atoms with van der Waals surface area (Å²) in [6.45, 7) is 0. The minimum absolute atomic E-state index is 0. The maximum Gasteiger partial charge on any atom is 0.474 e. The molecule has 13 heavy (non-hydrogen) atoms. The standard InChI is InChI=1S/C7H7F3N2.ClH/c8-7(9,10)12-11-6-4-2-1-3-5-6;/h1-5,11-12H;1H. The fourth-order valence-electron chi connectivity index (χ4n) is 0.665. The van der Waals surface area contributed by atoms with Gasteiger partial charge in [-0.1, -0.05) is 18.2 Å². The first-order valence-corrected chi connectivity index (χ1v) is 3.23. The fraction of sp³-hybridized carbons (Fsp3) is 0.143. The average Bonchev–Trinajstić information content (AvgIpc) is 2.02. The molecule has 0 bridgehead atoms. The van der Waals surface area contributed by atoms with Gasteiger partial charge in [0.05, 0.1) is 0 Å². The minimum Gasteiger partial charge on any atom is -0.314 e. The van der Waals surface area contributed by atoms with Crippen LogP contribution in [0.5, 0.6) is 0 Å². The minimum atomic E-state index is -4.41. The largest absolute Gasteiger partial charge is 0.474 e. The first-order chi connectivity index (χ1) is 5.58. The number of nitrogens with one attached hydrogen (secondary N) is 2. The van der Waals surface area contributed by atoms with Gasteiger partial charge in [-0.2, -0.15) is 13.2 Å². The van der Waals surface area contributed by atoms with Gasteiger partial charge in [0, 0.05) is 5.69 Å². The van der Waals surface area contributed by atoms with Gasteiger partial charge in [0.25, 0.3) is 0 Å². The Labute approximate surface area is 79.5 Å². The van der Waals surface area contributed by atoms with Crippen LogP contribution >= 0.6 is 12.4 Å². The number of hydrazine groups is 1. The molecule has 1 aromatic rings. The van der Waals surface area contributed by atoms with Crippen LogP contribution in [0.15, 0.2) is 30.3 Å². The number of hydrogen-bond acceptors (Lipinski definition) is 2. The van der Waals surface area contributed by atoms with Crippen LogP contribution in [0.25, 0.3) is 0 Å². The predicted molar refractivity (Wildman–Crippen MR) is 46.5 cm³/mol. The maximum atomic E-state index is 11.6. The van der Waals surface area contributed by atoms with Gasteiger partial charge in [0.15, 0.2) is 0 Å². The van der Waals surface area contributed by atoms with Crippen LogP contribution in [0.4, 0.5) is 18.9 Å². The quantitative estimate of drug-likeness (QED) is 0.582. The summed E-state index contributed by atoms with van der Waals surface area (Å²) in [5.74, 6) is 0. The molecule has 0 aliphatic heterocycles. The molecule has 0 aromatic heterocycles. The molecule has 0 unspecified atom stereocenters. The second-order valence-electron chi connectivity index (χ2n) is 2.11. The van der Waals surface area contributed by atoms with Gasteiger partial charge in [0.1, 0.15) is 0 Å². The van der Waals surface area contributed by atoms with Crippen molar-refractivity contribution in [1.82, 2.24) is 5.43 Å². The summed E-state index contributed by atoms with van der Waals surface area (Å²) in [5.41, 5.74) is 3.57.